The molecule has 2 aliphatic heterocycles. The summed E-state index contributed by atoms with van der Waals surface area (Å²) in [5, 5.41) is 11.2. The number of carbonyl (C=O) groups is 1. The van der Waals surface area contributed by atoms with Crippen LogP contribution in [0.1, 0.15) is 18.9 Å². The number of ether oxygens (including phenoxy) is 1. The minimum Gasteiger partial charge on any atom is -0.454 e. The molecule has 0 amide bonds. The largest absolute Gasteiger partial charge is 0.454 e. The van der Waals surface area contributed by atoms with Crippen LogP contribution < -0.4 is 0 Å². The summed E-state index contributed by atoms with van der Waals surface area (Å²) in [5.41, 5.74) is -1.15. The number of nitrogens with zero attached hydrogens (tertiary/aromatic N) is 2. The Bertz CT molecular complexity index is 595. The Kier molecular flexibility index (Phi) is 4.89. The van der Waals surface area contributed by atoms with Crippen LogP contribution in [0.3, 0.4) is 0 Å². The molecular weight excluding hydrogens is 328 g/mol. The maximum absolute atomic E-state index is 12.5. The average molecular weight is 354 g/mol. The molecule has 2 unspecified atom stereocenters. The van der Waals surface area contributed by atoms with Crippen molar-refractivity contribution in [2.75, 3.05) is 46.3 Å². The number of carbonyl (C=O) groups excluding carboxylic acids is 1. The van der Waals surface area contributed by atoms with E-state index >= 15 is 0 Å². The van der Waals surface area contributed by atoms with E-state index in [9.17, 15) is 9.90 Å². The minimum absolute atomic E-state index is 0.111. The SMILES string of the molecule is CN1CC[N+]2(CCC(OC(=O)C(C)(O)c3ccc(Cl)cc3)C2)CC1. The molecule has 0 aromatic heterocycles. The van der Waals surface area contributed by atoms with Crippen LogP contribution in [0.2, 0.25) is 5.02 Å². The molecular formula is C18H26ClN2O3+. The van der Waals surface area contributed by atoms with E-state index in [4.69, 9.17) is 16.3 Å². The van der Waals surface area contributed by atoms with Gasteiger partial charge in [-0.15, -0.1) is 0 Å². The molecule has 2 saturated heterocycles. The monoisotopic (exact) mass is 353 g/mol. The quantitative estimate of drug-likeness (QED) is 0.663. The Morgan fingerprint density at radius 3 is 2.54 bits per heavy atom. The zero-order valence-electron chi connectivity index (χ0n) is 14.4. The van der Waals surface area contributed by atoms with Crippen molar-refractivity contribution in [3.05, 3.63) is 34.9 Å². The van der Waals surface area contributed by atoms with Crippen molar-refractivity contribution in [2.45, 2.75) is 25.0 Å². The highest BCUT2D eigenvalue weighted by atomic mass is 35.5. The Labute approximate surface area is 148 Å². The summed E-state index contributed by atoms with van der Waals surface area (Å²) in [7, 11) is 2.15. The summed E-state index contributed by atoms with van der Waals surface area (Å²) in [4.78, 5) is 14.9. The van der Waals surface area contributed by atoms with Crippen molar-refractivity contribution in [3.63, 3.8) is 0 Å². The lowest BCUT2D eigenvalue weighted by molar-refractivity contribution is -0.921. The third-order valence-corrected chi connectivity index (χ3v) is 5.76. The maximum Gasteiger partial charge on any atom is 0.343 e. The van der Waals surface area contributed by atoms with Gasteiger partial charge in [0, 0.05) is 24.5 Å². The number of quaternary nitrogens is 1. The number of piperazine rings is 1. The van der Waals surface area contributed by atoms with E-state index in [1.807, 2.05) is 0 Å². The molecule has 0 aliphatic carbocycles. The molecule has 6 heteroatoms. The molecule has 0 saturated carbocycles. The van der Waals surface area contributed by atoms with Gasteiger partial charge in [0.15, 0.2) is 11.7 Å². The highest BCUT2D eigenvalue weighted by Gasteiger charge is 2.44. The molecule has 1 aromatic carbocycles. The van der Waals surface area contributed by atoms with Gasteiger partial charge in [0.05, 0.1) is 19.6 Å². The van der Waals surface area contributed by atoms with Crippen LogP contribution >= 0.6 is 11.6 Å². The van der Waals surface area contributed by atoms with Crippen molar-refractivity contribution in [2.24, 2.45) is 0 Å². The van der Waals surface area contributed by atoms with Crippen LogP contribution in [0.15, 0.2) is 24.3 Å². The van der Waals surface area contributed by atoms with Gasteiger partial charge < -0.3 is 14.3 Å². The number of aliphatic hydroxyl groups is 1. The number of benzene rings is 1. The third kappa shape index (κ3) is 3.59. The standard InChI is InChI=1S/C18H26ClN2O3/c1-18(23,14-3-5-15(19)6-4-14)17(22)24-16-7-10-21(13-16)11-8-20(2)9-12-21/h3-6,16,23H,7-13H2,1-2H3/q+1. The predicted octanol–water partition coefficient (Wildman–Crippen LogP) is 1.63. The number of hydrogen-bond donors (Lipinski definition) is 1. The highest BCUT2D eigenvalue weighted by Crippen LogP contribution is 2.28. The fourth-order valence-electron chi connectivity index (χ4n) is 3.68. The van der Waals surface area contributed by atoms with Gasteiger partial charge in [0.25, 0.3) is 0 Å². The van der Waals surface area contributed by atoms with E-state index in [1.54, 1.807) is 24.3 Å². The second kappa shape index (κ2) is 6.64. The van der Waals surface area contributed by atoms with Crippen LogP contribution in [0.25, 0.3) is 0 Å². The molecule has 1 N–H and O–H groups in total. The molecule has 1 spiro atoms. The molecule has 2 aliphatic rings. The van der Waals surface area contributed by atoms with Gasteiger partial charge in [-0.05, 0) is 31.7 Å². The van der Waals surface area contributed by atoms with E-state index in [2.05, 4.69) is 11.9 Å². The maximum atomic E-state index is 12.5. The zero-order chi connectivity index (χ0) is 17.4. The summed E-state index contributed by atoms with van der Waals surface area (Å²) < 4.78 is 6.70. The van der Waals surface area contributed by atoms with Gasteiger partial charge in [-0.2, -0.15) is 0 Å². The van der Waals surface area contributed by atoms with E-state index in [0.29, 0.717) is 10.6 Å². The fourth-order valence-corrected chi connectivity index (χ4v) is 3.81. The molecule has 24 heavy (non-hydrogen) atoms. The topological polar surface area (TPSA) is 49.8 Å². The predicted molar refractivity (Wildman–Crippen MR) is 92.7 cm³/mol. The van der Waals surface area contributed by atoms with Gasteiger partial charge >= 0.3 is 5.97 Å². The zero-order valence-corrected chi connectivity index (χ0v) is 15.1. The molecule has 1 aromatic rings. The van der Waals surface area contributed by atoms with E-state index in [-0.39, 0.29) is 6.10 Å². The summed E-state index contributed by atoms with van der Waals surface area (Å²) in [6.45, 7) is 7.78. The number of esters is 1. The minimum atomic E-state index is -1.65. The third-order valence-electron chi connectivity index (χ3n) is 5.51. The van der Waals surface area contributed by atoms with Crippen molar-refractivity contribution < 1.29 is 19.1 Å². The van der Waals surface area contributed by atoms with Crippen molar-refractivity contribution >= 4 is 17.6 Å². The molecule has 0 radical (unpaired) electrons. The first-order valence-electron chi connectivity index (χ1n) is 8.54. The Hall–Kier alpha value is -1.14. The number of halogens is 1. The molecule has 2 fully saturated rings. The first-order chi connectivity index (χ1) is 11.3. The average Bonchev–Trinajstić information content (AvgIpc) is 2.94. The van der Waals surface area contributed by atoms with Crippen molar-refractivity contribution in [1.82, 2.24) is 4.90 Å². The van der Waals surface area contributed by atoms with Crippen LogP contribution in [0, 0.1) is 0 Å². The van der Waals surface area contributed by atoms with E-state index in [1.165, 1.54) is 6.92 Å². The number of hydrogen-bond acceptors (Lipinski definition) is 4. The van der Waals surface area contributed by atoms with Crippen LogP contribution in [0.5, 0.6) is 0 Å². The summed E-state index contributed by atoms with van der Waals surface area (Å²) in [6.07, 6.45) is 0.756. The van der Waals surface area contributed by atoms with Crippen molar-refractivity contribution in [1.29, 1.82) is 0 Å². The summed E-state index contributed by atoms with van der Waals surface area (Å²) >= 11 is 5.87. The van der Waals surface area contributed by atoms with Crippen LogP contribution in [0.4, 0.5) is 0 Å². The molecule has 2 heterocycles. The second-order valence-electron chi connectivity index (χ2n) is 7.39. The summed E-state index contributed by atoms with van der Waals surface area (Å²) in [5.74, 6) is -0.580. The Balaban J connectivity index is 1.62. The van der Waals surface area contributed by atoms with Gasteiger partial charge in [0.1, 0.15) is 6.54 Å². The van der Waals surface area contributed by atoms with Crippen LogP contribution in [-0.2, 0) is 15.1 Å². The van der Waals surface area contributed by atoms with Crippen molar-refractivity contribution in [3.8, 4) is 0 Å². The van der Waals surface area contributed by atoms with Gasteiger partial charge in [-0.3, -0.25) is 4.90 Å². The second-order valence-corrected chi connectivity index (χ2v) is 7.83. The lowest BCUT2D eigenvalue weighted by Gasteiger charge is -2.41. The molecule has 132 valence electrons. The van der Waals surface area contributed by atoms with Crippen LogP contribution in [-0.4, -0.2) is 72.9 Å². The van der Waals surface area contributed by atoms with Gasteiger partial charge in [-0.1, -0.05) is 23.7 Å². The fraction of sp³-hybridized carbons (Fsp3) is 0.611. The highest BCUT2D eigenvalue weighted by molar-refractivity contribution is 6.30. The molecule has 2 atom stereocenters. The Morgan fingerprint density at radius 1 is 1.29 bits per heavy atom. The van der Waals surface area contributed by atoms with E-state index < -0.39 is 11.6 Å². The Morgan fingerprint density at radius 2 is 1.92 bits per heavy atom. The summed E-state index contributed by atoms with van der Waals surface area (Å²) in [6, 6.07) is 6.65. The number of likely N-dealkylation sites (N-methyl/N-ethyl adjacent to an activating group) is 1. The van der Waals surface area contributed by atoms with E-state index in [0.717, 1.165) is 50.2 Å². The number of rotatable bonds is 3. The first kappa shape index (κ1) is 17.7. The molecule has 0 bridgehead atoms. The van der Waals surface area contributed by atoms with Gasteiger partial charge in [-0.25, -0.2) is 4.79 Å². The molecule has 3 rings (SSSR count). The van der Waals surface area contributed by atoms with Gasteiger partial charge in [0.2, 0.25) is 0 Å². The molecule has 5 nitrogen and oxygen atoms in total. The lowest BCUT2D eigenvalue weighted by atomic mass is 9.96. The first-order valence-corrected chi connectivity index (χ1v) is 8.92. The smallest absolute Gasteiger partial charge is 0.343 e. The normalized spacial score (nSPS) is 26.2. The lowest BCUT2D eigenvalue weighted by Crippen LogP contribution is -2.57.